The lowest BCUT2D eigenvalue weighted by atomic mass is 10.1. The third kappa shape index (κ3) is 4.87. The minimum Gasteiger partial charge on any atom is -0.478 e. The highest BCUT2D eigenvalue weighted by Crippen LogP contribution is 2.15. The summed E-state index contributed by atoms with van der Waals surface area (Å²) in [7, 11) is 3.86. The molecule has 2 N–H and O–H groups in total. The number of rotatable bonds is 8. The molecule has 5 heteroatoms. The molecule has 0 saturated carbocycles. The Bertz CT molecular complexity index is 421. The molecule has 0 atom stereocenters. The van der Waals surface area contributed by atoms with Crippen LogP contribution in [-0.2, 0) is 6.42 Å². The van der Waals surface area contributed by atoms with E-state index >= 15 is 0 Å². The van der Waals surface area contributed by atoms with Crippen molar-refractivity contribution in [2.75, 3.05) is 32.1 Å². The molecule has 0 aliphatic heterocycles. The summed E-state index contributed by atoms with van der Waals surface area (Å²) >= 11 is 0. The van der Waals surface area contributed by atoms with Gasteiger partial charge in [-0.25, -0.2) is 9.78 Å². The van der Waals surface area contributed by atoms with Crippen molar-refractivity contribution in [2.24, 2.45) is 0 Å². The molecule has 5 nitrogen and oxygen atoms in total. The maximum Gasteiger partial charge on any atom is 0.335 e. The maximum absolute atomic E-state index is 11.1. The zero-order valence-electron chi connectivity index (χ0n) is 11.9. The molecule has 0 fully saturated rings. The largest absolute Gasteiger partial charge is 0.478 e. The van der Waals surface area contributed by atoms with Crippen LogP contribution in [-0.4, -0.2) is 43.2 Å². The molecular weight excluding hydrogens is 242 g/mol. The lowest BCUT2D eigenvalue weighted by molar-refractivity contribution is 0.0696. The van der Waals surface area contributed by atoms with Gasteiger partial charge in [0.1, 0.15) is 5.82 Å². The van der Waals surface area contributed by atoms with Gasteiger partial charge in [0.25, 0.3) is 0 Å². The number of hydrogen-bond acceptors (Lipinski definition) is 4. The molecule has 0 amide bonds. The van der Waals surface area contributed by atoms with Gasteiger partial charge in [0, 0.05) is 19.3 Å². The number of nitrogens with one attached hydrogen (secondary N) is 1. The van der Waals surface area contributed by atoms with Gasteiger partial charge in [0.2, 0.25) is 0 Å². The fourth-order valence-electron chi connectivity index (χ4n) is 1.88. The molecule has 0 aromatic carbocycles. The standard InChI is InChI=1S/C14H23N3O2/c1-4-6-12-9-11(14(18)19)10-13(16-12)17(3)8-5-7-15-2/h9-10,15H,4-8H2,1-3H3,(H,18,19). The molecule has 0 bridgehead atoms. The predicted octanol–water partition coefficient (Wildman–Crippen LogP) is 1.78. The van der Waals surface area contributed by atoms with Crippen LogP contribution in [0.4, 0.5) is 5.82 Å². The molecular formula is C14H23N3O2. The van der Waals surface area contributed by atoms with Gasteiger partial charge < -0.3 is 15.3 Å². The summed E-state index contributed by atoms with van der Waals surface area (Å²) in [6, 6.07) is 3.30. The first-order valence-electron chi connectivity index (χ1n) is 6.68. The monoisotopic (exact) mass is 265 g/mol. The fourth-order valence-corrected chi connectivity index (χ4v) is 1.88. The Morgan fingerprint density at radius 1 is 1.47 bits per heavy atom. The van der Waals surface area contributed by atoms with Crippen LogP contribution >= 0.6 is 0 Å². The molecule has 1 aromatic heterocycles. The number of pyridine rings is 1. The van der Waals surface area contributed by atoms with E-state index in [9.17, 15) is 4.79 Å². The van der Waals surface area contributed by atoms with Crippen molar-refractivity contribution in [1.29, 1.82) is 0 Å². The Kier molecular flexibility index (Phi) is 6.29. The Hall–Kier alpha value is -1.62. The summed E-state index contributed by atoms with van der Waals surface area (Å²) < 4.78 is 0. The Labute approximate surface area is 114 Å². The minimum atomic E-state index is -0.898. The number of aromatic nitrogens is 1. The maximum atomic E-state index is 11.1. The fraction of sp³-hybridized carbons (Fsp3) is 0.571. The lowest BCUT2D eigenvalue weighted by Crippen LogP contribution is -2.23. The summed E-state index contributed by atoms with van der Waals surface area (Å²) in [6.07, 6.45) is 2.76. The van der Waals surface area contributed by atoms with Gasteiger partial charge in [-0.1, -0.05) is 13.3 Å². The van der Waals surface area contributed by atoms with Crippen molar-refractivity contribution in [3.63, 3.8) is 0 Å². The van der Waals surface area contributed by atoms with Crippen LogP contribution < -0.4 is 10.2 Å². The van der Waals surface area contributed by atoms with Gasteiger partial charge in [-0.3, -0.25) is 0 Å². The molecule has 0 saturated heterocycles. The molecule has 0 spiro atoms. The van der Waals surface area contributed by atoms with E-state index in [1.54, 1.807) is 12.1 Å². The van der Waals surface area contributed by atoms with Crippen molar-refractivity contribution in [3.8, 4) is 0 Å². The van der Waals surface area contributed by atoms with E-state index in [1.165, 1.54) is 0 Å². The van der Waals surface area contributed by atoms with Crippen LogP contribution in [0.2, 0.25) is 0 Å². The van der Waals surface area contributed by atoms with Gasteiger partial charge in [-0.15, -0.1) is 0 Å². The Balaban J connectivity index is 2.88. The number of carboxylic acids is 1. The van der Waals surface area contributed by atoms with Crippen molar-refractivity contribution in [1.82, 2.24) is 10.3 Å². The van der Waals surface area contributed by atoms with Crippen molar-refractivity contribution in [2.45, 2.75) is 26.2 Å². The predicted molar refractivity (Wildman–Crippen MR) is 77.0 cm³/mol. The van der Waals surface area contributed by atoms with Crippen LogP contribution in [0.25, 0.3) is 0 Å². The molecule has 0 aliphatic carbocycles. The van der Waals surface area contributed by atoms with Gasteiger partial charge >= 0.3 is 5.97 Å². The Morgan fingerprint density at radius 3 is 2.79 bits per heavy atom. The van der Waals surface area contributed by atoms with Crippen LogP contribution in [0.1, 0.15) is 35.8 Å². The summed E-state index contributed by atoms with van der Waals surface area (Å²) in [5.74, 6) is -0.163. The number of aromatic carboxylic acids is 1. The molecule has 1 heterocycles. The highest BCUT2D eigenvalue weighted by molar-refractivity contribution is 5.88. The molecule has 0 unspecified atom stereocenters. The first-order valence-corrected chi connectivity index (χ1v) is 6.68. The summed E-state index contributed by atoms with van der Waals surface area (Å²) in [4.78, 5) is 17.7. The minimum absolute atomic E-state index is 0.314. The summed E-state index contributed by atoms with van der Waals surface area (Å²) in [5, 5.41) is 12.2. The number of aryl methyl sites for hydroxylation is 1. The van der Waals surface area contributed by atoms with Gasteiger partial charge in [0.05, 0.1) is 5.56 Å². The molecule has 1 rings (SSSR count). The van der Waals surface area contributed by atoms with E-state index in [0.29, 0.717) is 5.56 Å². The van der Waals surface area contributed by atoms with Gasteiger partial charge in [-0.2, -0.15) is 0 Å². The third-order valence-corrected chi connectivity index (χ3v) is 2.93. The first kappa shape index (κ1) is 15.4. The van der Waals surface area contributed by atoms with E-state index in [-0.39, 0.29) is 0 Å². The first-order chi connectivity index (χ1) is 9.08. The second kappa shape index (κ2) is 7.74. The highest BCUT2D eigenvalue weighted by atomic mass is 16.4. The molecule has 106 valence electrons. The number of hydrogen-bond donors (Lipinski definition) is 2. The van der Waals surface area contributed by atoms with Crippen LogP contribution in [0, 0.1) is 0 Å². The molecule has 0 aliphatic rings. The van der Waals surface area contributed by atoms with E-state index in [2.05, 4.69) is 17.2 Å². The summed E-state index contributed by atoms with van der Waals surface area (Å²) in [6.45, 7) is 3.85. The third-order valence-electron chi connectivity index (χ3n) is 2.93. The normalized spacial score (nSPS) is 10.5. The highest BCUT2D eigenvalue weighted by Gasteiger charge is 2.10. The summed E-state index contributed by atoms with van der Waals surface area (Å²) in [5.41, 5.74) is 1.16. The van der Waals surface area contributed by atoms with E-state index in [4.69, 9.17) is 5.11 Å². The molecule has 1 aromatic rings. The average Bonchev–Trinajstić information content (AvgIpc) is 2.39. The Morgan fingerprint density at radius 2 is 2.21 bits per heavy atom. The van der Waals surface area contributed by atoms with Gasteiger partial charge in [0.15, 0.2) is 0 Å². The van der Waals surface area contributed by atoms with Crippen molar-refractivity contribution < 1.29 is 9.90 Å². The number of nitrogens with zero attached hydrogens (tertiary/aromatic N) is 2. The number of anilines is 1. The van der Waals surface area contributed by atoms with Crippen molar-refractivity contribution in [3.05, 3.63) is 23.4 Å². The van der Waals surface area contributed by atoms with E-state index < -0.39 is 5.97 Å². The second-order valence-corrected chi connectivity index (χ2v) is 4.64. The van der Waals surface area contributed by atoms with Crippen LogP contribution in [0.15, 0.2) is 12.1 Å². The molecule has 19 heavy (non-hydrogen) atoms. The van der Waals surface area contributed by atoms with Crippen LogP contribution in [0.3, 0.4) is 0 Å². The smallest absolute Gasteiger partial charge is 0.335 e. The number of carbonyl (C=O) groups is 1. The second-order valence-electron chi connectivity index (χ2n) is 4.64. The topological polar surface area (TPSA) is 65.5 Å². The van der Waals surface area contributed by atoms with E-state index in [0.717, 1.165) is 43.9 Å². The average molecular weight is 265 g/mol. The SMILES string of the molecule is CCCc1cc(C(=O)O)cc(N(C)CCCNC)n1. The number of carboxylic acid groups (broad SMARTS) is 1. The van der Waals surface area contributed by atoms with E-state index in [1.807, 2.05) is 19.0 Å². The lowest BCUT2D eigenvalue weighted by Gasteiger charge is -2.19. The van der Waals surface area contributed by atoms with Gasteiger partial charge in [-0.05, 0) is 38.6 Å². The zero-order valence-corrected chi connectivity index (χ0v) is 11.9. The quantitative estimate of drug-likeness (QED) is 0.701. The molecule has 0 radical (unpaired) electrons. The van der Waals surface area contributed by atoms with Crippen LogP contribution in [0.5, 0.6) is 0 Å². The van der Waals surface area contributed by atoms with Crippen molar-refractivity contribution >= 4 is 11.8 Å². The zero-order chi connectivity index (χ0) is 14.3.